The van der Waals surface area contributed by atoms with E-state index in [0.29, 0.717) is 23.9 Å². The number of hydrogen-bond donors (Lipinski definition) is 1. The second kappa shape index (κ2) is 8.39. The van der Waals surface area contributed by atoms with Crippen LogP contribution in [0.4, 0.5) is 0 Å². The number of hydrogen-bond acceptors (Lipinski definition) is 3. The summed E-state index contributed by atoms with van der Waals surface area (Å²) in [4.78, 5) is 18.3. The van der Waals surface area contributed by atoms with Crippen LogP contribution >= 0.6 is 0 Å². The van der Waals surface area contributed by atoms with Crippen molar-refractivity contribution < 1.29 is 4.79 Å². The zero-order valence-corrected chi connectivity index (χ0v) is 17.8. The molecule has 0 bridgehead atoms. The van der Waals surface area contributed by atoms with Crippen LogP contribution in [0.15, 0.2) is 30.3 Å². The van der Waals surface area contributed by atoms with Crippen LogP contribution in [-0.4, -0.2) is 53.1 Å². The minimum absolute atomic E-state index is 0.227. The molecule has 0 unspecified atom stereocenters. The average molecular weight is 396 g/mol. The predicted octanol–water partition coefficient (Wildman–Crippen LogP) is 4.27. The SMILES string of the molecule is O=C1NCN(C2CCCCC2)C12CCN([C@@H]1CCCC[C@@H]1c1ccccc1)CC2. The zero-order valence-electron chi connectivity index (χ0n) is 17.8. The molecule has 1 aromatic carbocycles. The number of nitrogens with one attached hydrogen (secondary N) is 1. The lowest BCUT2D eigenvalue weighted by molar-refractivity contribution is -0.131. The third kappa shape index (κ3) is 3.63. The molecule has 2 aliphatic heterocycles. The second-order valence-corrected chi connectivity index (χ2v) is 9.86. The fourth-order valence-electron chi connectivity index (χ4n) is 6.85. The molecular formula is C25H37N3O. The Labute approximate surface area is 176 Å². The van der Waals surface area contributed by atoms with Gasteiger partial charge in [-0.05, 0) is 50.0 Å². The average Bonchev–Trinajstić information content (AvgIpc) is 3.11. The summed E-state index contributed by atoms with van der Waals surface area (Å²) in [5.41, 5.74) is 1.29. The predicted molar refractivity (Wildman–Crippen MR) is 117 cm³/mol. The van der Waals surface area contributed by atoms with Gasteiger partial charge in [-0.3, -0.25) is 14.6 Å². The fraction of sp³-hybridized carbons (Fsp3) is 0.720. The van der Waals surface area contributed by atoms with Crippen LogP contribution in [0.2, 0.25) is 0 Å². The van der Waals surface area contributed by atoms with Gasteiger partial charge in [0.05, 0.1) is 6.67 Å². The number of likely N-dealkylation sites (tertiary alicyclic amines) is 1. The Morgan fingerprint density at radius 1 is 0.862 bits per heavy atom. The maximum atomic E-state index is 13.0. The zero-order chi connectivity index (χ0) is 19.7. The molecule has 4 fully saturated rings. The van der Waals surface area contributed by atoms with E-state index in [1.807, 2.05) is 0 Å². The Bertz CT molecular complexity index is 691. The normalized spacial score (nSPS) is 31.8. The molecule has 2 aliphatic carbocycles. The van der Waals surface area contributed by atoms with E-state index in [1.54, 1.807) is 0 Å². The summed E-state index contributed by atoms with van der Waals surface area (Å²) in [6, 6.07) is 12.4. The summed E-state index contributed by atoms with van der Waals surface area (Å²) < 4.78 is 0. The first-order chi connectivity index (χ1) is 14.3. The lowest BCUT2D eigenvalue weighted by Gasteiger charge is -2.49. The minimum Gasteiger partial charge on any atom is -0.342 e. The van der Waals surface area contributed by atoms with Crippen LogP contribution in [-0.2, 0) is 4.79 Å². The number of carbonyl (C=O) groups is 1. The number of nitrogens with zero attached hydrogens (tertiary/aromatic N) is 2. The smallest absolute Gasteiger partial charge is 0.241 e. The molecule has 4 heteroatoms. The highest BCUT2D eigenvalue weighted by molar-refractivity contribution is 5.88. The Balaban J connectivity index is 1.30. The van der Waals surface area contributed by atoms with Crippen molar-refractivity contribution in [2.24, 2.45) is 0 Å². The summed E-state index contributed by atoms with van der Waals surface area (Å²) in [6.45, 7) is 2.93. The van der Waals surface area contributed by atoms with E-state index >= 15 is 0 Å². The van der Waals surface area contributed by atoms with Gasteiger partial charge in [0.1, 0.15) is 5.54 Å². The monoisotopic (exact) mass is 395 g/mol. The number of piperidine rings is 1. The van der Waals surface area contributed by atoms with E-state index in [2.05, 4.69) is 45.4 Å². The molecule has 1 aromatic rings. The molecule has 158 valence electrons. The Hall–Kier alpha value is -1.39. The maximum Gasteiger partial charge on any atom is 0.241 e. The molecule has 5 rings (SSSR count). The maximum absolute atomic E-state index is 13.0. The summed E-state index contributed by atoms with van der Waals surface area (Å²) >= 11 is 0. The molecular weight excluding hydrogens is 358 g/mol. The van der Waals surface area contributed by atoms with Crippen molar-refractivity contribution in [3.8, 4) is 0 Å². The number of rotatable bonds is 3. The Kier molecular flexibility index (Phi) is 5.66. The molecule has 4 aliphatic rings. The molecule has 1 spiro atoms. The van der Waals surface area contributed by atoms with Crippen LogP contribution in [0, 0.1) is 0 Å². The molecule has 29 heavy (non-hydrogen) atoms. The fourth-order valence-corrected chi connectivity index (χ4v) is 6.85. The van der Waals surface area contributed by atoms with E-state index in [9.17, 15) is 4.79 Å². The molecule has 1 amide bonds. The van der Waals surface area contributed by atoms with E-state index < -0.39 is 0 Å². The molecule has 0 aromatic heterocycles. The molecule has 2 heterocycles. The van der Waals surface area contributed by atoms with Gasteiger partial charge < -0.3 is 5.32 Å². The molecule has 1 N–H and O–H groups in total. The highest BCUT2D eigenvalue weighted by atomic mass is 16.2. The first kappa shape index (κ1) is 19.6. The third-order valence-electron chi connectivity index (χ3n) is 8.45. The van der Waals surface area contributed by atoms with Crippen molar-refractivity contribution in [3.05, 3.63) is 35.9 Å². The quantitative estimate of drug-likeness (QED) is 0.830. The standard InChI is InChI=1S/C25H37N3O/c29-24-25(28(19-26-24)21-11-5-2-6-12-21)15-17-27(18-16-25)23-14-8-7-13-22(23)20-9-3-1-4-10-20/h1,3-4,9-10,21-23H,2,5-8,11-19H2,(H,26,29)/t22-,23-/m1/s1. The summed E-state index contributed by atoms with van der Waals surface area (Å²) in [5.74, 6) is 0.969. The van der Waals surface area contributed by atoms with E-state index in [4.69, 9.17) is 0 Å². The number of amides is 1. The topological polar surface area (TPSA) is 35.6 Å². The lowest BCUT2D eigenvalue weighted by Crippen LogP contribution is -2.60. The van der Waals surface area contributed by atoms with Gasteiger partial charge in [0, 0.05) is 25.2 Å². The van der Waals surface area contributed by atoms with Crippen molar-refractivity contribution in [3.63, 3.8) is 0 Å². The largest absolute Gasteiger partial charge is 0.342 e. The van der Waals surface area contributed by atoms with Gasteiger partial charge in [-0.15, -0.1) is 0 Å². The second-order valence-electron chi connectivity index (χ2n) is 9.86. The molecule has 2 saturated heterocycles. The van der Waals surface area contributed by atoms with Crippen LogP contribution < -0.4 is 5.32 Å². The molecule has 0 radical (unpaired) electrons. The highest BCUT2D eigenvalue weighted by Gasteiger charge is 2.53. The van der Waals surface area contributed by atoms with Crippen LogP contribution in [0.3, 0.4) is 0 Å². The summed E-state index contributed by atoms with van der Waals surface area (Å²) in [7, 11) is 0. The van der Waals surface area contributed by atoms with Gasteiger partial charge in [0.15, 0.2) is 0 Å². The minimum atomic E-state index is -0.227. The van der Waals surface area contributed by atoms with Crippen molar-refractivity contribution in [2.75, 3.05) is 19.8 Å². The first-order valence-corrected chi connectivity index (χ1v) is 12.1. The van der Waals surface area contributed by atoms with Crippen molar-refractivity contribution >= 4 is 5.91 Å². The number of benzene rings is 1. The van der Waals surface area contributed by atoms with Gasteiger partial charge >= 0.3 is 0 Å². The Morgan fingerprint density at radius 3 is 2.31 bits per heavy atom. The van der Waals surface area contributed by atoms with Gasteiger partial charge in [0.25, 0.3) is 0 Å². The van der Waals surface area contributed by atoms with Crippen molar-refractivity contribution in [1.82, 2.24) is 15.1 Å². The van der Waals surface area contributed by atoms with Crippen LogP contribution in [0.1, 0.15) is 82.1 Å². The van der Waals surface area contributed by atoms with E-state index in [0.717, 1.165) is 32.6 Å². The third-order valence-corrected chi connectivity index (χ3v) is 8.45. The van der Waals surface area contributed by atoms with Crippen molar-refractivity contribution in [1.29, 1.82) is 0 Å². The van der Waals surface area contributed by atoms with Crippen LogP contribution in [0.25, 0.3) is 0 Å². The first-order valence-electron chi connectivity index (χ1n) is 12.1. The molecule has 2 saturated carbocycles. The highest BCUT2D eigenvalue weighted by Crippen LogP contribution is 2.41. The Morgan fingerprint density at radius 2 is 1.55 bits per heavy atom. The van der Waals surface area contributed by atoms with Crippen molar-refractivity contribution in [2.45, 2.75) is 94.2 Å². The van der Waals surface area contributed by atoms with Gasteiger partial charge in [-0.25, -0.2) is 0 Å². The number of carbonyl (C=O) groups excluding carboxylic acids is 1. The van der Waals surface area contributed by atoms with Gasteiger partial charge in [-0.2, -0.15) is 0 Å². The summed E-state index contributed by atoms with van der Waals surface area (Å²) in [6.07, 6.45) is 13.9. The van der Waals surface area contributed by atoms with Gasteiger partial charge in [0.2, 0.25) is 5.91 Å². The van der Waals surface area contributed by atoms with E-state index in [-0.39, 0.29) is 5.54 Å². The summed E-state index contributed by atoms with van der Waals surface area (Å²) in [5, 5.41) is 3.22. The lowest BCUT2D eigenvalue weighted by atomic mass is 9.77. The van der Waals surface area contributed by atoms with Gasteiger partial charge in [-0.1, -0.05) is 62.4 Å². The molecule has 4 nitrogen and oxygen atoms in total. The van der Waals surface area contributed by atoms with E-state index in [1.165, 1.54) is 63.4 Å². The molecule has 2 atom stereocenters. The van der Waals surface area contributed by atoms with Crippen LogP contribution in [0.5, 0.6) is 0 Å².